The minimum Gasteiger partial charge on any atom is -0.496 e. The molecule has 1 aliphatic heterocycles. The summed E-state index contributed by atoms with van der Waals surface area (Å²) in [5, 5.41) is 3.64. The van der Waals surface area contributed by atoms with Crippen molar-refractivity contribution in [2.45, 2.75) is 64.3 Å². The molecule has 1 aromatic carbocycles. The molecular weight excluding hydrogens is 246 g/mol. The van der Waals surface area contributed by atoms with E-state index in [2.05, 4.69) is 37.4 Å². The second-order valence-electron chi connectivity index (χ2n) is 5.94. The van der Waals surface area contributed by atoms with Crippen molar-refractivity contribution in [1.82, 2.24) is 5.32 Å². The Morgan fingerprint density at radius 2 is 2.05 bits per heavy atom. The number of hydrogen-bond donors (Lipinski definition) is 1. The lowest BCUT2D eigenvalue weighted by molar-refractivity contribution is 0.381. The molecule has 1 fully saturated rings. The normalized spacial score (nSPS) is 19.3. The second kappa shape index (κ2) is 7.68. The zero-order chi connectivity index (χ0) is 14.4. The van der Waals surface area contributed by atoms with Crippen molar-refractivity contribution in [2.75, 3.05) is 13.7 Å². The van der Waals surface area contributed by atoms with Crippen LogP contribution in [0.15, 0.2) is 18.2 Å². The number of rotatable bonds is 6. The van der Waals surface area contributed by atoms with Crippen molar-refractivity contribution in [2.24, 2.45) is 0 Å². The van der Waals surface area contributed by atoms with Crippen molar-refractivity contribution >= 4 is 0 Å². The van der Waals surface area contributed by atoms with Gasteiger partial charge < -0.3 is 10.1 Å². The first kappa shape index (κ1) is 15.4. The third-order valence-corrected chi connectivity index (χ3v) is 4.64. The Hall–Kier alpha value is -1.02. The van der Waals surface area contributed by atoms with E-state index >= 15 is 0 Å². The summed E-state index contributed by atoms with van der Waals surface area (Å²) in [5.41, 5.74) is 2.85. The highest BCUT2D eigenvalue weighted by Crippen LogP contribution is 2.29. The Bertz CT molecular complexity index is 406. The van der Waals surface area contributed by atoms with Crippen LogP contribution in [-0.4, -0.2) is 19.7 Å². The maximum Gasteiger partial charge on any atom is 0.122 e. The summed E-state index contributed by atoms with van der Waals surface area (Å²) in [7, 11) is 1.78. The van der Waals surface area contributed by atoms with E-state index in [9.17, 15) is 0 Å². The molecule has 1 aliphatic rings. The molecule has 2 heteroatoms. The van der Waals surface area contributed by atoms with E-state index < -0.39 is 0 Å². The van der Waals surface area contributed by atoms with Gasteiger partial charge in [0.15, 0.2) is 0 Å². The summed E-state index contributed by atoms with van der Waals surface area (Å²) in [6.07, 6.45) is 7.48. The van der Waals surface area contributed by atoms with Crippen LogP contribution in [0.3, 0.4) is 0 Å². The first-order chi connectivity index (χ1) is 9.78. The highest BCUT2D eigenvalue weighted by atomic mass is 16.5. The number of ether oxygens (including phenoxy) is 1. The van der Waals surface area contributed by atoms with Crippen LogP contribution in [0.1, 0.15) is 63.0 Å². The molecule has 0 saturated carbocycles. The Labute approximate surface area is 123 Å². The van der Waals surface area contributed by atoms with Gasteiger partial charge in [0.05, 0.1) is 7.11 Å². The molecule has 1 aromatic rings. The molecule has 0 spiro atoms. The Morgan fingerprint density at radius 1 is 1.25 bits per heavy atom. The van der Waals surface area contributed by atoms with Crippen LogP contribution in [0.25, 0.3) is 0 Å². The average molecular weight is 275 g/mol. The van der Waals surface area contributed by atoms with Gasteiger partial charge in [0.2, 0.25) is 0 Å². The Kier molecular flexibility index (Phi) is 5.90. The summed E-state index contributed by atoms with van der Waals surface area (Å²) in [4.78, 5) is 0. The molecule has 1 saturated heterocycles. The molecule has 1 N–H and O–H groups in total. The molecule has 0 amide bonds. The number of hydrogen-bond acceptors (Lipinski definition) is 2. The molecule has 0 radical (unpaired) electrons. The van der Waals surface area contributed by atoms with Crippen LogP contribution >= 0.6 is 0 Å². The maximum absolute atomic E-state index is 5.56. The standard InChI is InChI=1S/C18H29NO/c1-4-14(5-2)15-9-10-18(20-3)16(12-15)13-17-8-6-7-11-19-17/h9-10,12,14,17,19H,4-8,11,13H2,1-3H3. The summed E-state index contributed by atoms with van der Waals surface area (Å²) in [5.74, 6) is 1.73. The molecule has 0 bridgehead atoms. The van der Waals surface area contributed by atoms with Gasteiger partial charge in [0.25, 0.3) is 0 Å². The summed E-state index contributed by atoms with van der Waals surface area (Å²) in [6, 6.07) is 7.40. The van der Waals surface area contributed by atoms with Crippen molar-refractivity contribution in [1.29, 1.82) is 0 Å². The van der Waals surface area contributed by atoms with Gasteiger partial charge in [-0.05, 0) is 61.8 Å². The largest absolute Gasteiger partial charge is 0.496 e. The number of nitrogens with one attached hydrogen (secondary N) is 1. The highest BCUT2D eigenvalue weighted by molar-refractivity contribution is 5.39. The lowest BCUT2D eigenvalue weighted by Gasteiger charge is -2.25. The third-order valence-electron chi connectivity index (χ3n) is 4.64. The van der Waals surface area contributed by atoms with E-state index in [1.165, 1.54) is 49.8 Å². The molecular formula is C18H29NO. The van der Waals surface area contributed by atoms with Crippen LogP contribution in [0.2, 0.25) is 0 Å². The third kappa shape index (κ3) is 3.76. The summed E-state index contributed by atoms with van der Waals surface area (Å²) >= 11 is 0. The van der Waals surface area contributed by atoms with Gasteiger partial charge >= 0.3 is 0 Å². The van der Waals surface area contributed by atoms with Crippen LogP contribution in [0.5, 0.6) is 5.75 Å². The monoisotopic (exact) mass is 275 g/mol. The Balaban J connectivity index is 2.17. The molecule has 112 valence electrons. The summed E-state index contributed by atoms with van der Waals surface area (Å²) < 4.78 is 5.56. The minimum absolute atomic E-state index is 0.620. The highest BCUT2D eigenvalue weighted by Gasteiger charge is 2.17. The van der Waals surface area contributed by atoms with Gasteiger partial charge in [-0.2, -0.15) is 0 Å². The van der Waals surface area contributed by atoms with E-state index in [4.69, 9.17) is 4.74 Å². The molecule has 2 nitrogen and oxygen atoms in total. The van der Waals surface area contributed by atoms with Gasteiger partial charge in [-0.1, -0.05) is 32.4 Å². The fourth-order valence-electron chi connectivity index (χ4n) is 3.34. The van der Waals surface area contributed by atoms with E-state index in [1.807, 2.05) is 0 Å². The molecule has 1 atom stereocenters. The van der Waals surface area contributed by atoms with Crippen LogP contribution in [0, 0.1) is 0 Å². The van der Waals surface area contributed by atoms with E-state index in [1.54, 1.807) is 7.11 Å². The topological polar surface area (TPSA) is 21.3 Å². The number of benzene rings is 1. The van der Waals surface area contributed by atoms with Gasteiger partial charge in [-0.25, -0.2) is 0 Å². The van der Waals surface area contributed by atoms with Crippen LogP contribution < -0.4 is 10.1 Å². The van der Waals surface area contributed by atoms with Crippen molar-refractivity contribution in [3.63, 3.8) is 0 Å². The van der Waals surface area contributed by atoms with Crippen molar-refractivity contribution < 1.29 is 4.74 Å². The SMILES string of the molecule is CCC(CC)c1ccc(OC)c(CC2CCCCN2)c1. The lowest BCUT2D eigenvalue weighted by Crippen LogP contribution is -2.35. The minimum atomic E-state index is 0.620. The quantitative estimate of drug-likeness (QED) is 0.836. The number of methoxy groups -OCH3 is 1. The molecule has 1 unspecified atom stereocenters. The fourth-order valence-corrected chi connectivity index (χ4v) is 3.34. The molecule has 0 aromatic heterocycles. The number of piperidine rings is 1. The van der Waals surface area contributed by atoms with Gasteiger partial charge in [-0.15, -0.1) is 0 Å². The molecule has 2 rings (SSSR count). The zero-order valence-electron chi connectivity index (χ0n) is 13.2. The first-order valence-corrected chi connectivity index (χ1v) is 8.18. The van der Waals surface area contributed by atoms with Gasteiger partial charge in [-0.3, -0.25) is 0 Å². The van der Waals surface area contributed by atoms with E-state index in [0.717, 1.165) is 12.2 Å². The lowest BCUT2D eigenvalue weighted by atomic mass is 9.90. The molecule has 1 heterocycles. The van der Waals surface area contributed by atoms with Crippen molar-refractivity contribution in [3.05, 3.63) is 29.3 Å². The maximum atomic E-state index is 5.56. The Morgan fingerprint density at radius 3 is 2.65 bits per heavy atom. The van der Waals surface area contributed by atoms with Crippen molar-refractivity contribution in [3.8, 4) is 5.75 Å². The second-order valence-corrected chi connectivity index (χ2v) is 5.94. The predicted octanol–water partition coefficient (Wildman–Crippen LogP) is 4.28. The zero-order valence-corrected chi connectivity index (χ0v) is 13.2. The molecule has 20 heavy (non-hydrogen) atoms. The summed E-state index contributed by atoms with van der Waals surface area (Å²) in [6.45, 7) is 5.72. The van der Waals surface area contributed by atoms with Crippen LogP contribution in [-0.2, 0) is 6.42 Å². The van der Waals surface area contributed by atoms with Gasteiger partial charge in [0, 0.05) is 6.04 Å². The van der Waals surface area contributed by atoms with Gasteiger partial charge in [0.1, 0.15) is 5.75 Å². The molecule has 0 aliphatic carbocycles. The van der Waals surface area contributed by atoms with Crippen LogP contribution in [0.4, 0.5) is 0 Å². The van der Waals surface area contributed by atoms with E-state index in [0.29, 0.717) is 12.0 Å². The van der Waals surface area contributed by atoms with E-state index in [-0.39, 0.29) is 0 Å². The first-order valence-electron chi connectivity index (χ1n) is 8.18. The smallest absolute Gasteiger partial charge is 0.122 e. The average Bonchev–Trinajstić information content (AvgIpc) is 2.50. The fraction of sp³-hybridized carbons (Fsp3) is 0.667. The predicted molar refractivity (Wildman–Crippen MR) is 85.7 cm³/mol.